The number of hydrogen-bond acceptors (Lipinski definition) is 4. The Morgan fingerprint density at radius 2 is 1.95 bits per heavy atom. The van der Waals surface area contributed by atoms with Gasteiger partial charge in [0.05, 0.1) is 12.8 Å². The Morgan fingerprint density at radius 3 is 2.58 bits per heavy atom. The third-order valence-corrected chi connectivity index (χ3v) is 3.16. The van der Waals surface area contributed by atoms with Gasteiger partial charge in [-0.1, -0.05) is 18.6 Å². The lowest BCUT2D eigenvalue weighted by Gasteiger charge is -2.13. The number of aromatic nitrogens is 2. The number of aryl methyl sites for hydroxylation is 2. The molecule has 0 spiro atoms. The van der Waals surface area contributed by atoms with Gasteiger partial charge in [0.15, 0.2) is 0 Å². The maximum Gasteiger partial charge on any atom is 0.131 e. The number of nitrogen functional groups attached to an aromatic ring is 1. The van der Waals surface area contributed by atoms with Crippen molar-refractivity contribution in [3.05, 3.63) is 35.2 Å². The van der Waals surface area contributed by atoms with Crippen molar-refractivity contribution in [3.8, 4) is 17.0 Å². The van der Waals surface area contributed by atoms with Gasteiger partial charge in [0, 0.05) is 17.5 Å². The topological polar surface area (TPSA) is 61.0 Å². The maximum absolute atomic E-state index is 5.97. The fraction of sp³-hybridized carbons (Fsp3) is 0.333. The summed E-state index contributed by atoms with van der Waals surface area (Å²) in [5, 5.41) is 0. The van der Waals surface area contributed by atoms with Crippen LogP contribution in [0.4, 0.5) is 5.82 Å². The second kappa shape index (κ2) is 5.26. The van der Waals surface area contributed by atoms with E-state index in [-0.39, 0.29) is 0 Å². The standard InChI is InChI=1S/C15H19N3O/c1-5-13-17-14(10(3)15(16)18-13)11-8-9(2)6-7-12(11)19-4/h6-8H,5H2,1-4H3,(H2,16,17,18). The van der Waals surface area contributed by atoms with E-state index in [4.69, 9.17) is 10.5 Å². The summed E-state index contributed by atoms with van der Waals surface area (Å²) in [6.45, 7) is 6.00. The molecular formula is C15H19N3O. The Kier molecular flexibility index (Phi) is 3.69. The molecule has 1 heterocycles. The van der Waals surface area contributed by atoms with Crippen LogP contribution in [0.2, 0.25) is 0 Å². The van der Waals surface area contributed by atoms with E-state index in [0.717, 1.165) is 40.4 Å². The molecule has 0 fully saturated rings. The summed E-state index contributed by atoms with van der Waals surface area (Å²) in [4.78, 5) is 8.88. The normalized spacial score (nSPS) is 10.5. The zero-order valence-electron chi connectivity index (χ0n) is 11.8. The number of ether oxygens (including phenoxy) is 1. The highest BCUT2D eigenvalue weighted by molar-refractivity contribution is 5.73. The van der Waals surface area contributed by atoms with Crippen molar-refractivity contribution in [2.45, 2.75) is 27.2 Å². The Hall–Kier alpha value is -2.10. The van der Waals surface area contributed by atoms with E-state index >= 15 is 0 Å². The molecule has 2 rings (SSSR count). The molecule has 0 bridgehead atoms. The molecule has 0 aliphatic rings. The smallest absolute Gasteiger partial charge is 0.131 e. The average molecular weight is 257 g/mol. The Bertz CT molecular complexity index is 609. The van der Waals surface area contributed by atoms with Gasteiger partial charge >= 0.3 is 0 Å². The van der Waals surface area contributed by atoms with Gasteiger partial charge in [-0.2, -0.15) is 0 Å². The zero-order chi connectivity index (χ0) is 14.0. The summed E-state index contributed by atoms with van der Waals surface area (Å²) in [7, 11) is 1.66. The first kappa shape index (κ1) is 13.3. The maximum atomic E-state index is 5.97. The first-order chi connectivity index (χ1) is 9.06. The van der Waals surface area contributed by atoms with Gasteiger partial charge in [-0.05, 0) is 26.0 Å². The van der Waals surface area contributed by atoms with Crippen LogP contribution in [-0.4, -0.2) is 17.1 Å². The molecule has 1 aromatic carbocycles. The minimum atomic E-state index is 0.533. The van der Waals surface area contributed by atoms with Gasteiger partial charge in [0.25, 0.3) is 0 Å². The number of hydrogen-bond donors (Lipinski definition) is 1. The van der Waals surface area contributed by atoms with Crippen LogP contribution in [0, 0.1) is 13.8 Å². The van der Waals surface area contributed by atoms with Crippen molar-refractivity contribution in [2.24, 2.45) is 0 Å². The van der Waals surface area contributed by atoms with Crippen molar-refractivity contribution >= 4 is 5.82 Å². The summed E-state index contributed by atoms with van der Waals surface area (Å²) in [5.74, 6) is 2.08. The third kappa shape index (κ3) is 2.52. The van der Waals surface area contributed by atoms with Crippen LogP contribution < -0.4 is 10.5 Å². The highest BCUT2D eigenvalue weighted by atomic mass is 16.5. The lowest BCUT2D eigenvalue weighted by Crippen LogP contribution is -2.05. The highest BCUT2D eigenvalue weighted by Crippen LogP contribution is 2.33. The third-order valence-electron chi connectivity index (χ3n) is 3.16. The molecule has 0 saturated carbocycles. The van der Waals surface area contributed by atoms with E-state index in [1.165, 1.54) is 0 Å². The SMILES string of the molecule is CCc1nc(N)c(C)c(-c2cc(C)ccc2OC)n1. The minimum Gasteiger partial charge on any atom is -0.496 e. The van der Waals surface area contributed by atoms with E-state index in [9.17, 15) is 0 Å². The molecule has 1 aromatic heterocycles. The van der Waals surface area contributed by atoms with E-state index in [1.807, 2.05) is 32.9 Å². The van der Waals surface area contributed by atoms with Crippen LogP contribution in [-0.2, 0) is 6.42 Å². The van der Waals surface area contributed by atoms with Gasteiger partial charge in [-0.3, -0.25) is 0 Å². The molecule has 0 aliphatic heterocycles. The molecule has 4 nitrogen and oxygen atoms in total. The zero-order valence-corrected chi connectivity index (χ0v) is 11.8. The monoisotopic (exact) mass is 257 g/mol. The van der Waals surface area contributed by atoms with Gasteiger partial charge < -0.3 is 10.5 Å². The van der Waals surface area contributed by atoms with Gasteiger partial charge in [0.2, 0.25) is 0 Å². The molecule has 100 valence electrons. The molecule has 0 aliphatic carbocycles. The quantitative estimate of drug-likeness (QED) is 0.918. The molecule has 0 saturated heterocycles. The van der Waals surface area contributed by atoms with E-state index in [0.29, 0.717) is 5.82 Å². The van der Waals surface area contributed by atoms with Crippen LogP contribution in [0.15, 0.2) is 18.2 Å². The second-order valence-corrected chi connectivity index (χ2v) is 4.56. The molecule has 4 heteroatoms. The van der Waals surface area contributed by atoms with E-state index in [2.05, 4.69) is 16.0 Å². The number of nitrogens with two attached hydrogens (primary N) is 1. The second-order valence-electron chi connectivity index (χ2n) is 4.56. The summed E-state index contributed by atoms with van der Waals surface area (Å²) in [6.07, 6.45) is 0.756. The molecule has 2 aromatic rings. The number of anilines is 1. The van der Waals surface area contributed by atoms with Crippen LogP contribution in [0.25, 0.3) is 11.3 Å². The molecule has 0 radical (unpaired) electrons. The van der Waals surface area contributed by atoms with Gasteiger partial charge in [0.1, 0.15) is 17.4 Å². The molecule has 0 unspecified atom stereocenters. The number of nitrogens with zero attached hydrogens (tertiary/aromatic N) is 2. The van der Waals surface area contributed by atoms with Crippen LogP contribution >= 0.6 is 0 Å². The van der Waals surface area contributed by atoms with Crippen molar-refractivity contribution < 1.29 is 4.74 Å². The fourth-order valence-electron chi connectivity index (χ4n) is 2.01. The lowest BCUT2D eigenvalue weighted by atomic mass is 10.0. The summed E-state index contributed by atoms with van der Waals surface area (Å²) < 4.78 is 5.42. The minimum absolute atomic E-state index is 0.533. The van der Waals surface area contributed by atoms with Crippen molar-refractivity contribution in [1.82, 2.24) is 9.97 Å². The first-order valence-corrected chi connectivity index (χ1v) is 6.34. The predicted molar refractivity (Wildman–Crippen MR) is 77.3 cm³/mol. The van der Waals surface area contributed by atoms with Crippen LogP contribution in [0.1, 0.15) is 23.9 Å². The average Bonchev–Trinajstić information content (AvgIpc) is 2.41. The summed E-state index contributed by atoms with van der Waals surface area (Å²) >= 11 is 0. The number of rotatable bonds is 3. The summed E-state index contributed by atoms with van der Waals surface area (Å²) in [6, 6.07) is 6.03. The number of benzene rings is 1. The summed E-state index contributed by atoms with van der Waals surface area (Å²) in [5.41, 5.74) is 9.83. The largest absolute Gasteiger partial charge is 0.496 e. The van der Waals surface area contributed by atoms with Crippen molar-refractivity contribution in [2.75, 3.05) is 12.8 Å². The number of methoxy groups -OCH3 is 1. The Morgan fingerprint density at radius 1 is 1.21 bits per heavy atom. The lowest BCUT2D eigenvalue weighted by molar-refractivity contribution is 0.416. The molecule has 19 heavy (non-hydrogen) atoms. The first-order valence-electron chi connectivity index (χ1n) is 6.34. The van der Waals surface area contributed by atoms with Crippen molar-refractivity contribution in [3.63, 3.8) is 0 Å². The van der Waals surface area contributed by atoms with Crippen LogP contribution in [0.5, 0.6) is 5.75 Å². The van der Waals surface area contributed by atoms with E-state index in [1.54, 1.807) is 7.11 Å². The molecular weight excluding hydrogens is 238 g/mol. The van der Waals surface area contributed by atoms with Gasteiger partial charge in [-0.25, -0.2) is 9.97 Å². The molecule has 0 amide bonds. The van der Waals surface area contributed by atoms with Crippen LogP contribution in [0.3, 0.4) is 0 Å². The Balaban J connectivity index is 2.70. The molecule has 2 N–H and O–H groups in total. The van der Waals surface area contributed by atoms with E-state index < -0.39 is 0 Å². The molecule has 0 atom stereocenters. The van der Waals surface area contributed by atoms with Gasteiger partial charge in [-0.15, -0.1) is 0 Å². The van der Waals surface area contributed by atoms with Crippen molar-refractivity contribution in [1.29, 1.82) is 0 Å². The highest BCUT2D eigenvalue weighted by Gasteiger charge is 2.14. The fourth-order valence-corrected chi connectivity index (χ4v) is 2.01. The predicted octanol–water partition coefficient (Wildman–Crippen LogP) is 2.91. The Labute approximate surface area is 113 Å².